The van der Waals surface area contributed by atoms with E-state index in [1.54, 1.807) is 12.1 Å². The number of hydrogen-bond acceptors (Lipinski definition) is 3. The first-order valence-corrected chi connectivity index (χ1v) is 6.01. The maximum atomic E-state index is 12.9. The van der Waals surface area contributed by atoms with Crippen LogP contribution in [-0.2, 0) is 13.1 Å². The van der Waals surface area contributed by atoms with Gasteiger partial charge in [0.25, 0.3) is 0 Å². The molecule has 0 radical (unpaired) electrons. The summed E-state index contributed by atoms with van der Waals surface area (Å²) in [6, 6.07) is 10.3. The van der Waals surface area contributed by atoms with Crippen molar-refractivity contribution >= 4 is 5.69 Å². The molecule has 0 fully saturated rings. The molecule has 0 amide bonds. The first kappa shape index (κ1) is 12.6. The SMILES string of the molecule is CCN(Cc1ccc(CN)o1)c1ccc(F)cc1. The number of benzene rings is 1. The molecule has 0 saturated carbocycles. The molecule has 0 aliphatic carbocycles. The summed E-state index contributed by atoms with van der Waals surface area (Å²) in [6.45, 7) is 3.94. The van der Waals surface area contributed by atoms with E-state index in [1.807, 2.05) is 12.1 Å². The van der Waals surface area contributed by atoms with Crippen LogP contribution in [-0.4, -0.2) is 6.54 Å². The van der Waals surface area contributed by atoms with Crippen molar-refractivity contribution in [3.63, 3.8) is 0 Å². The molecule has 4 heteroatoms. The van der Waals surface area contributed by atoms with Gasteiger partial charge in [-0.1, -0.05) is 0 Å². The lowest BCUT2D eigenvalue weighted by Gasteiger charge is -2.21. The molecule has 0 aliphatic rings. The Morgan fingerprint density at radius 1 is 1.11 bits per heavy atom. The normalized spacial score (nSPS) is 10.6. The van der Waals surface area contributed by atoms with Gasteiger partial charge in [0, 0.05) is 12.2 Å². The monoisotopic (exact) mass is 248 g/mol. The Morgan fingerprint density at radius 2 is 1.78 bits per heavy atom. The van der Waals surface area contributed by atoms with Crippen molar-refractivity contribution in [2.75, 3.05) is 11.4 Å². The van der Waals surface area contributed by atoms with Gasteiger partial charge in [-0.15, -0.1) is 0 Å². The molecular weight excluding hydrogens is 231 g/mol. The highest BCUT2D eigenvalue weighted by atomic mass is 19.1. The van der Waals surface area contributed by atoms with Crippen LogP contribution >= 0.6 is 0 Å². The molecule has 1 aromatic heterocycles. The van der Waals surface area contributed by atoms with Crippen LogP contribution in [0.1, 0.15) is 18.4 Å². The molecule has 1 heterocycles. The van der Waals surface area contributed by atoms with E-state index < -0.39 is 0 Å². The third-order valence-electron chi connectivity index (χ3n) is 2.84. The van der Waals surface area contributed by atoms with Crippen LogP contribution in [0.2, 0.25) is 0 Å². The summed E-state index contributed by atoms with van der Waals surface area (Å²) in [7, 11) is 0. The van der Waals surface area contributed by atoms with Crippen LogP contribution in [0, 0.1) is 5.82 Å². The van der Waals surface area contributed by atoms with Gasteiger partial charge >= 0.3 is 0 Å². The van der Waals surface area contributed by atoms with Gasteiger partial charge in [0.2, 0.25) is 0 Å². The predicted molar refractivity (Wildman–Crippen MR) is 69.7 cm³/mol. The first-order valence-electron chi connectivity index (χ1n) is 6.01. The molecule has 0 unspecified atom stereocenters. The Kier molecular flexibility index (Phi) is 3.99. The number of rotatable bonds is 5. The van der Waals surface area contributed by atoms with E-state index in [0.29, 0.717) is 13.1 Å². The maximum absolute atomic E-state index is 12.9. The number of hydrogen-bond donors (Lipinski definition) is 1. The minimum absolute atomic E-state index is 0.224. The highest BCUT2D eigenvalue weighted by molar-refractivity contribution is 5.46. The van der Waals surface area contributed by atoms with E-state index in [-0.39, 0.29) is 5.82 Å². The summed E-state index contributed by atoms with van der Waals surface area (Å²) < 4.78 is 18.4. The second kappa shape index (κ2) is 5.69. The summed E-state index contributed by atoms with van der Waals surface area (Å²) in [4.78, 5) is 2.11. The topological polar surface area (TPSA) is 42.4 Å². The van der Waals surface area contributed by atoms with E-state index >= 15 is 0 Å². The van der Waals surface area contributed by atoms with E-state index in [9.17, 15) is 4.39 Å². The Hall–Kier alpha value is -1.81. The number of anilines is 1. The molecule has 2 rings (SSSR count). The lowest BCUT2D eigenvalue weighted by molar-refractivity contribution is 0.463. The van der Waals surface area contributed by atoms with Crippen LogP contribution < -0.4 is 10.6 Å². The number of furan rings is 1. The molecule has 2 N–H and O–H groups in total. The summed E-state index contributed by atoms with van der Waals surface area (Å²) in [5, 5.41) is 0. The molecule has 0 saturated heterocycles. The largest absolute Gasteiger partial charge is 0.463 e. The minimum atomic E-state index is -0.224. The minimum Gasteiger partial charge on any atom is -0.463 e. The Balaban J connectivity index is 2.11. The maximum Gasteiger partial charge on any atom is 0.123 e. The molecule has 2 aromatic rings. The quantitative estimate of drug-likeness (QED) is 0.884. The van der Waals surface area contributed by atoms with Crippen LogP contribution in [0.5, 0.6) is 0 Å². The van der Waals surface area contributed by atoms with Crippen molar-refractivity contribution in [3.8, 4) is 0 Å². The van der Waals surface area contributed by atoms with Crippen LogP contribution in [0.3, 0.4) is 0 Å². The van der Waals surface area contributed by atoms with Crippen LogP contribution in [0.15, 0.2) is 40.8 Å². The summed E-state index contributed by atoms with van der Waals surface area (Å²) in [5.41, 5.74) is 6.48. The van der Waals surface area contributed by atoms with Gasteiger partial charge < -0.3 is 15.1 Å². The van der Waals surface area contributed by atoms with Crippen molar-refractivity contribution in [2.45, 2.75) is 20.0 Å². The zero-order valence-electron chi connectivity index (χ0n) is 10.4. The zero-order chi connectivity index (χ0) is 13.0. The highest BCUT2D eigenvalue weighted by Crippen LogP contribution is 2.18. The number of nitrogens with two attached hydrogens (primary N) is 1. The third-order valence-corrected chi connectivity index (χ3v) is 2.84. The van der Waals surface area contributed by atoms with Gasteiger partial charge in [-0.05, 0) is 43.3 Å². The lowest BCUT2D eigenvalue weighted by Crippen LogP contribution is -2.21. The second-order valence-electron chi connectivity index (χ2n) is 4.06. The summed E-state index contributed by atoms with van der Waals surface area (Å²) in [5.74, 6) is 1.42. The molecule has 3 nitrogen and oxygen atoms in total. The summed E-state index contributed by atoms with van der Waals surface area (Å²) in [6.07, 6.45) is 0. The van der Waals surface area contributed by atoms with Crippen molar-refractivity contribution in [2.24, 2.45) is 5.73 Å². The van der Waals surface area contributed by atoms with E-state index in [0.717, 1.165) is 23.8 Å². The van der Waals surface area contributed by atoms with Gasteiger partial charge in [-0.2, -0.15) is 0 Å². The molecule has 18 heavy (non-hydrogen) atoms. The zero-order valence-corrected chi connectivity index (χ0v) is 10.4. The van der Waals surface area contributed by atoms with Gasteiger partial charge in [-0.3, -0.25) is 0 Å². The van der Waals surface area contributed by atoms with Crippen LogP contribution in [0.4, 0.5) is 10.1 Å². The van der Waals surface area contributed by atoms with Crippen molar-refractivity contribution < 1.29 is 8.81 Å². The predicted octanol–water partition coefficient (Wildman–Crippen LogP) is 2.90. The van der Waals surface area contributed by atoms with Gasteiger partial charge in [0.05, 0.1) is 13.1 Å². The molecule has 0 bridgehead atoms. The summed E-state index contributed by atoms with van der Waals surface area (Å²) >= 11 is 0. The average molecular weight is 248 g/mol. The van der Waals surface area contributed by atoms with Crippen molar-refractivity contribution in [3.05, 3.63) is 53.7 Å². The fourth-order valence-electron chi connectivity index (χ4n) is 1.84. The Morgan fingerprint density at radius 3 is 2.33 bits per heavy atom. The number of nitrogens with zero attached hydrogens (tertiary/aromatic N) is 1. The molecule has 1 aromatic carbocycles. The fourth-order valence-corrected chi connectivity index (χ4v) is 1.84. The Bertz CT molecular complexity index is 493. The molecule has 0 atom stereocenters. The smallest absolute Gasteiger partial charge is 0.123 e. The Labute approximate surface area is 106 Å². The van der Waals surface area contributed by atoms with E-state index in [4.69, 9.17) is 10.2 Å². The second-order valence-corrected chi connectivity index (χ2v) is 4.06. The third kappa shape index (κ3) is 2.90. The van der Waals surface area contributed by atoms with Gasteiger partial charge in [0.15, 0.2) is 0 Å². The number of halogens is 1. The standard InChI is InChI=1S/C14H17FN2O/c1-2-17(12-5-3-11(15)4-6-12)10-14-8-7-13(9-16)18-14/h3-8H,2,9-10,16H2,1H3. The first-order chi connectivity index (χ1) is 8.72. The molecule has 96 valence electrons. The lowest BCUT2D eigenvalue weighted by atomic mass is 10.2. The molecule has 0 aliphatic heterocycles. The van der Waals surface area contributed by atoms with Crippen molar-refractivity contribution in [1.29, 1.82) is 0 Å². The van der Waals surface area contributed by atoms with E-state index in [1.165, 1.54) is 12.1 Å². The van der Waals surface area contributed by atoms with Crippen LogP contribution in [0.25, 0.3) is 0 Å². The van der Waals surface area contributed by atoms with Gasteiger partial charge in [0.1, 0.15) is 17.3 Å². The molecular formula is C14H17FN2O. The fraction of sp³-hybridized carbons (Fsp3) is 0.286. The van der Waals surface area contributed by atoms with Crippen molar-refractivity contribution in [1.82, 2.24) is 0 Å². The highest BCUT2D eigenvalue weighted by Gasteiger charge is 2.08. The average Bonchev–Trinajstić information content (AvgIpc) is 2.85. The van der Waals surface area contributed by atoms with Gasteiger partial charge in [-0.25, -0.2) is 4.39 Å². The van der Waals surface area contributed by atoms with E-state index in [2.05, 4.69) is 11.8 Å². The molecule has 0 spiro atoms.